The number of rotatable bonds is 0. The third-order valence-electron chi connectivity index (χ3n) is 1.60. The van der Waals surface area contributed by atoms with Crippen molar-refractivity contribution in [3.05, 3.63) is 36.5 Å². The Morgan fingerprint density at radius 3 is 2.73 bits per heavy atom. The summed E-state index contributed by atoms with van der Waals surface area (Å²) in [5, 5.41) is 0. The van der Waals surface area contributed by atoms with Crippen LogP contribution in [-0.2, 0) is 0 Å². The summed E-state index contributed by atoms with van der Waals surface area (Å²) in [6.45, 7) is 0. The van der Waals surface area contributed by atoms with Crippen LogP contribution in [0.15, 0.2) is 36.5 Å². The monoisotopic (exact) mass is 152 g/mol. The second-order valence-corrected chi connectivity index (χ2v) is 2.62. The van der Waals surface area contributed by atoms with Crippen molar-refractivity contribution in [1.29, 1.82) is 0 Å². The van der Waals surface area contributed by atoms with Gasteiger partial charge in [-0.1, -0.05) is 30.4 Å². The van der Waals surface area contributed by atoms with Gasteiger partial charge in [-0.2, -0.15) is 0 Å². The van der Waals surface area contributed by atoms with E-state index in [0.29, 0.717) is 0 Å². The van der Waals surface area contributed by atoms with Gasteiger partial charge >= 0.3 is 0 Å². The summed E-state index contributed by atoms with van der Waals surface area (Å²) >= 11 is 0. The van der Waals surface area contributed by atoms with Gasteiger partial charge in [0.05, 0.1) is 0 Å². The molecule has 0 saturated carbocycles. The molecule has 1 rings (SSSR count). The lowest BCUT2D eigenvalue weighted by molar-refractivity contribution is 0.468. The topological polar surface area (TPSA) is 0 Å². The first-order chi connectivity index (χ1) is 5.39. The predicted octanol–water partition coefficient (Wildman–Crippen LogP) is 3.18. The van der Waals surface area contributed by atoms with E-state index in [4.69, 9.17) is 0 Å². The smallest absolute Gasteiger partial charge is 0.137 e. The summed E-state index contributed by atoms with van der Waals surface area (Å²) in [6, 6.07) is 0. The molecule has 0 unspecified atom stereocenters. The zero-order valence-electron chi connectivity index (χ0n) is 6.54. The second-order valence-electron chi connectivity index (χ2n) is 2.62. The molecule has 0 aliphatic heterocycles. The molecule has 1 aliphatic rings. The van der Waals surface area contributed by atoms with E-state index in [2.05, 4.69) is 6.08 Å². The zero-order chi connectivity index (χ0) is 7.94. The summed E-state index contributed by atoms with van der Waals surface area (Å²) in [4.78, 5) is 0. The summed E-state index contributed by atoms with van der Waals surface area (Å²) in [7, 11) is 0. The fourth-order valence-electron chi connectivity index (χ4n) is 0.989. The van der Waals surface area contributed by atoms with Gasteiger partial charge in [0.25, 0.3) is 0 Å². The number of halogens is 1. The van der Waals surface area contributed by atoms with Crippen molar-refractivity contribution in [3.63, 3.8) is 0 Å². The van der Waals surface area contributed by atoms with Crippen molar-refractivity contribution in [2.24, 2.45) is 0 Å². The minimum Gasteiger partial charge on any atom is -0.238 e. The van der Waals surface area contributed by atoms with Crippen LogP contribution in [0.5, 0.6) is 0 Å². The molecule has 0 aromatic carbocycles. The van der Waals surface area contributed by atoms with Gasteiger partial charge in [-0.3, -0.25) is 0 Å². The highest BCUT2D eigenvalue weighted by Gasteiger charge is 1.92. The van der Waals surface area contributed by atoms with Crippen LogP contribution in [0.1, 0.15) is 19.3 Å². The van der Waals surface area contributed by atoms with Crippen LogP contribution in [0, 0.1) is 0 Å². The zero-order valence-corrected chi connectivity index (χ0v) is 6.54. The Morgan fingerprint density at radius 1 is 1.00 bits per heavy atom. The Balaban J connectivity index is 2.51. The summed E-state index contributed by atoms with van der Waals surface area (Å²) in [5.41, 5.74) is 0. The summed E-state index contributed by atoms with van der Waals surface area (Å²) in [6.07, 6.45) is 13.1. The molecule has 0 aromatic rings. The van der Waals surface area contributed by atoms with Crippen LogP contribution >= 0.6 is 0 Å². The molecule has 0 fully saturated rings. The van der Waals surface area contributed by atoms with Crippen LogP contribution in [0.2, 0.25) is 0 Å². The van der Waals surface area contributed by atoms with E-state index in [1.165, 1.54) is 0 Å². The van der Waals surface area contributed by atoms with Gasteiger partial charge in [-0.25, -0.2) is 4.39 Å². The Morgan fingerprint density at radius 2 is 1.82 bits per heavy atom. The third-order valence-corrected chi connectivity index (χ3v) is 1.60. The highest BCUT2D eigenvalue weighted by atomic mass is 19.1. The van der Waals surface area contributed by atoms with Crippen molar-refractivity contribution < 1.29 is 4.39 Å². The average molecular weight is 152 g/mol. The molecule has 0 aromatic heterocycles. The first-order valence-electron chi connectivity index (χ1n) is 4.03. The van der Waals surface area contributed by atoms with Crippen LogP contribution < -0.4 is 0 Å². The first kappa shape index (κ1) is 8.25. The molecule has 0 amide bonds. The average Bonchev–Trinajstić information content (AvgIpc) is 2.03. The Labute approximate surface area is 67.1 Å². The molecule has 0 nitrogen and oxygen atoms in total. The fraction of sp³-hybridized carbons (Fsp3) is 0.400. The largest absolute Gasteiger partial charge is 0.238 e. The lowest BCUT2D eigenvalue weighted by Gasteiger charge is -1.95. The van der Waals surface area contributed by atoms with E-state index in [1.54, 1.807) is 18.2 Å². The van der Waals surface area contributed by atoms with Gasteiger partial charge in [0.1, 0.15) is 6.17 Å². The standard InChI is InChI=1S/C10H13F/c11-10-8-6-4-2-1-3-5-7-9-10/h2,4,6-10H,1,3,5H2/b4-2+,8-6-,9-7?/t10-/m0/s1. The highest BCUT2D eigenvalue weighted by molar-refractivity contribution is 5.10. The first-order valence-corrected chi connectivity index (χ1v) is 4.03. The van der Waals surface area contributed by atoms with Crippen LogP contribution in [-0.4, -0.2) is 6.17 Å². The molecule has 1 heteroatoms. The minimum absolute atomic E-state index is 0.905. The fourth-order valence-corrected chi connectivity index (χ4v) is 0.989. The number of alkyl halides is 1. The van der Waals surface area contributed by atoms with E-state index in [-0.39, 0.29) is 0 Å². The lowest BCUT2D eigenvalue weighted by atomic mass is 10.2. The van der Waals surface area contributed by atoms with E-state index in [0.717, 1.165) is 19.3 Å². The van der Waals surface area contributed by atoms with Gasteiger partial charge in [0.15, 0.2) is 0 Å². The van der Waals surface area contributed by atoms with Gasteiger partial charge in [-0.05, 0) is 25.3 Å². The van der Waals surface area contributed by atoms with Crippen LogP contribution in [0.4, 0.5) is 4.39 Å². The van der Waals surface area contributed by atoms with Gasteiger partial charge in [0.2, 0.25) is 0 Å². The Bertz CT molecular complexity index is 177. The van der Waals surface area contributed by atoms with Crippen molar-refractivity contribution in [1.82, 2.24) is 0 Å². The predicted molar refractivity (Wildman–Crippen MR) is 46.2 cm³/mol. The Hall–Kier alpha value is -0.850. The molecule has 0 saturated heterocycles. The van der Waals surface area contributed by atoms with E-state index >= 15 is 0 Å². The number of hydrogen-bond donors (Lipinski definition) is 0. The molecule has 0 spiro atoms. The maximum absolute atomic E-state index is 12.7. The maximum Gasteiger partial charge on any atom is 0.137 e. The quantitative estimate of drug-likeness (QED) is 0.468. The minimum atomic E-state index is -0.905. The molecule has 1 atom stereocenters. The van der Waals surface area contributed by atoms with Gasteiger partial charge in [-0.15, -0.1) is 0 Å². The molecule has 11 heavy (non-hydrogen) atoms. The molecular weight excluding hydrogens is 139 g/mol. The lowest BCUT2D eigenvalue weighted by Crippen LogP contribution is -1.87. The maximum atomic E-state index is 12.7. The van der Waals surface area contributed by atoms with Crippen molar-refractivity contribution in [2.75, 3.05) is 0 Å². The molecule has 60 valence electrons. The van der Waals surface area contributed by atoms with E-state index < -0.39 is 6.17 Å². The normalized spacial score (nSPS) is 31.2. The van der Waals surface area contributed by atoms with Gasteiger partial charge in [0, 0.05) is 0 Å². The number of allylic oxidation sites excluding steroid dienone is 6. The van der Waals surface area contributed by atoms with E-state index in [1.807, 2.05) is 12.2 Å². The molecule has 0 bridgehead atoms. The second kappa shape index (κ2) is 4.89. The van der Waals surface area contributed by atoms with Crippen molar-refractivity contribution >= 4 is 0 Å². The Kier molecular flexibility index (Phi) is 3.67. The van der Waals surface area contributed by atoms with Crippen molar-refractivity contribution in [2.45, 2.75) is 25.4 Å². The van der Waals surface area contributed by atoms with Crippen LogP contribution in [0.3, 0.4) is 0 Å². The SMILES string of the molecule is F[C@@H]1C=CCCC/C=C/C=C\1. The third kappa shape index (κ3) is 3.76. The number of hydrogen-bond acceptors (Lipinski definition) is 0. The van der Waals surface area contributed by atoms with E-state index in [9.17, 15) is 4.39 Å². The van der Waals surface area contributed by atoms with Gasteiger partial charge < -0.3 is 0 Å². The highest BCUT2D eigenvalue weighted by Crippen LogP contribution is 2.04. The molecule has 0 heterocycles. The summed E-state index contributed by atoms with van der Waals surface area (Å²) < 4.78 is 12.7. The molecule has 1 aliphatic carbocycles. The molecule has 0 N–H and O–H groups in total. The summed E-state index contributed by atoms with van der Waals surface area (Å²) in [5.74, 6) is 0. The van der Waals surface area contributed by atoms with Crippen LogP contribution in [0.25, 0.3) is 0 Å². The van der Waals surface area contributed by atoms with Crippen molar-refractivity contribution in [3.8, 4) is 0 Å². The molecular formula is C10H13F. The molecule has 0 radical (unpaired) electrons.